The summed E-state index contributed by atoms with van der Waals surface area (Å²) in [7, 11) is 0. The van der Waals surface area contributed by atoms with Gasteiger partial charge < -0.3 is 19.5 Å². The average Bonchev–Trinajstić information content (AvgIpc) is 3.62. The van der Waals surface area contributed by atoms with Crippen molar-refractivity contribution in [3.8, 4) is 11.3 Å². The molecular formula is C29H29Cl2NO5. The molecule has 1 heterocycles. The Bertz CT molecular complexity index is 1330. The zero-order valence-corrected chi connectivity index (χ0v) is 22.0. The van der Waals surface area contributed by atoms with Crippen molar-refractivity contribution in [1.82, 2.24) is 5.16 Å². The molecule has 194 valence electrons. The molecule has 2 bridgehead atoms. The molecule has 6 rings (SSSR count). The van der Waals surface area contributed by atoms with Crippen molar-refractivity contribution in [2.75, 3.05) is 0 Å². The number of hydrogen-bond donors (Lipinski definition) is 2. The molecular weight excluding hydrogens is 513 g/mol. The first-order valence-electron chi connectivity index (χ1n) is 12.9. The van der Waals surface area contributed by atoms with E-state index in [1.54, 1.807) is 36.4 Å². The van der Waals surface area contributed by atoms with E-state index in [0.29, 0.717) is 58.2 Å². The number of halogens is 2. The molecule has 3 aliphatic carbocycles. The highest BCUT2D eigenvalue weighted by atomic mass is 35.5. The van der Waals surface area contributed by atoms with Gasteiger partial charge in [-0.15, -0.1) is 0 Å². The SMILES string of the molecule is C[C@H]1C[C@@H]2C[C@@H](OCc3c(-c4c(Cl)cccc4Cl)noc3C3CC3)C[C@H]1[C@]2(O)c1cccc(C(=O)O)c1. The van der Waals surface area contributed by atoms with Crippen molar-refractivity contribution in [1.29, 1.82) is 0 Å². The number of rotatable bonds is 7. The maximum atomic E-state index is 12.0. The average molecular weight is 542 g/mol. The number of aliphatic hydroxyl groups is 1. The molecule has 5 atom stereocenters. The van der Waals surface area contributed by atoms with E-state index in [4.69, 9.17) is 32.5 Å². The van der Waals surface area contributed by atoms with Gasteiger partial charge in [0.15, 0.2) is 0 Å². The monoisotopic (exact) mass is 541 g/mol. The molecule has 3 fully saturated rings. The lowest BCUT2D eigenvalue weighted by molar-refractivity contribution is -0.120. The van der Waals surface area contributed by atoms with Gasteiger partial charge in [0.25, 0.3) is 0 Å². The van der Waals surface area contributed by atoms with Crippen LogP contribution in [-0.2, 0) is 16.9 Å². The fourth-order valence-corrected chi connectivity index (χ4v) is 7.23. The third kappa shape index (κ3) is 4.28. The van der Waals surface area contributed by atoms with E-state index >= 15 is 0 Å². The molecule has 3 saturated carbocycles. The van der Waals surface area contributed by atoms with E-state index in [9.17, 15) is 15.0 Å². The summed E-state index contributed by atoms with van der Waals surface area (Å²) in [5.41, 5.74) is 2.01. The van der Waals surface area contributed by atoms with Crippen LogP contribution in [0.1, 0.15) is 72.2 Å². The first-order chi connectivity index (χ1) is 17.8. The molecule has 0 spiro atoms. The number of aromatic carboxylic acids is 1. The Labute approximate surface area is 225 Å². The predicted molar refractivity (Wildman–Crippen MR) is 140 cm³/mol. The maximum absolute atomic E-state index is 12.0. The van der Waals surface area contributed by atoms with Gasteiger partial charge >= 0.3 is 5.97 Å². The van der Waals surface area contributed by atoms with Gasteiger partial charge in [-0.2, -0.15) is 0 Å². The van der Waals surface area contributed by atoms with Gasteiger partial charge in [0.1, 0.15) is 11.5 Å². The van der Waals surface area contributed by atoms with Crippen molar-refractivity contribution in [2.24, 2.45) is 17.8 Å². The van der Waals surface area contributed by atoms with E-state index in [2.05, 4.69) is 12.1 Å². The third-order valence-corrected chi connectivity index (χ3v) is 9.23. The molecule has 3 aliphatic rings. The molecule has 8 heteroatoms. The Hall–Kier alpha value is -2.38. The molecule has 6 nitrogen and oxygen atoms in total. The van der Waals surface area contributed by atoms with Crippen LogP contribution in [0.25, 0.3) is 11.3 Å². The normalized spacial score (nSPS) is 29.0. The standard InChI is InChI=1S/C29H29Cl2NO5/c1-15-10-19-12-20(13-22(15)29(19,35)18-5-2-4-17(11-18)28(33)34)36-14-21-26(32-37-27(21)16-8-9-16)25-23(30)6-3-7-24(25)31/h2-7,11,15-16,19-20,22,35H,8-10,12-14H2,1H3,(H,33,34)/t15-,19+,20+,22+,29-/m0/s1. The number of nitrogens with zero attached hydrogens (tertiary/aromatic N) is 1. The van der Waals surface area contributed by atoms with Crippen LogP contribution in [0.4, 0.5) is 0 Å². The highest BCUT2D eigenvalue weighted by Crippen LogP contribution is 2.58. The summed E-state index contributed by atoms with van der Waals surface area (Å²) in [5.74, 6) is 0.460. The Morgan fingerprint density at radius 3 is 2.54 bits per heavy atom. The molecule has 2 N–H and O–H groups in total. The molecule has 37 heavy (non-hydrogen) atoms. The van der Waals surface area contributed by atoms with Crippen LogP contribution in [0, 0.1) is 17.8 Å². The second-order valence-electron chi connectivity index (χ2n) is 10.9. The summed E-state index contributed by atoms with van der Waals surface area (Å²) in [5, 5.41) is 26.8. The van der Waals surface area contributed by atoms with Gasteiger partial charge in [0.2, 0.25) is 0 Å². The number of hydrogen-bond acceptors (Lipinski definition) is 5. The second kappa shape index (κ2) is 9.42. The van der Waals surface area contributed by atoms with Crippen molar-refractivity contribution in [3.63, 3.8) is 0 Å². The van der Waals surface area contributed by atoms with Crippen LogP contribution in [0.3, 0.4) is 0 Å². The second-order valence-corrected chi connectivity index (χ2v) is 11.7. The van der Waals surface area contributed by atoms with Gasteiger partial charge in [-0.3, -0.25) is 0 Å². The number of carboxylic acid groups (broad SMARTS) is 1. The summed E-state index contributed by atoms with van der Waals surface area (Å²) in [4.78, 5) is 11.6. The Kier molecular flexibility index (Phi) is 6.35. The first kappa shape index (κ1) is 24.9. The van der Waals surface area contributed by atoms with E-state index in [-0.39, 0.29) is 23.5 Å². The predicted octanol–water partition coefficient (Wildman–Crippen LogP) is 7.06. The highest BCUT2D eigenvalue weighted by molar-refractivity contribution is 6.39. The van der Waals surface area contributed by atoms with Crippen molar-refractivity contribution < 1.29 is 24.3 Å². The molecule has 1 aromatic heterocycles. The number of benzene rings is 2. The first-order valence-corrected chi connectivity index (χ1v) is 13.6. The summed E-state index contributed by atoms with van der Waals surface area (Å²) in [6, 6.07) is 12.1. The molecule has 2 aromatic carbocycles. The van der Waals surface area contributed by atoms with Gasteiger partial charge in [0.05, 0.1) is 33.9 Å². The quantitative estimate of drug-likeness (QED) is 0.332. The topological polar surface area (TPSA) is 92.8 Å². The van der Waals surface area contributed by atoms with Gasteiger partial charge in [-0.25, -0.2) is 4.79 Å². The van der Waals surface area contributed by atoms with Gasteiger partial charge in [-0.05, 0) is 79.7 Å². The third-order valence-electron chi connectivity index (χ3n) is 8.60. The van der Waals surface area contributed by atoms with E-state index in [1.807, 2.05) is 6.07 Å². The minimum absolute atomic E-state index is 0.0156. The fraction of sp³-hybridized carbons (Fsp3) is 0.448. The summed E-state index contributed by atoms with van der Waals surface area (Å²) in [6.07, 6.45) is 4.34. The molecule has 3 aromatic rings. The summed E-state index contributed by atoms with van der Waals surface area (Å²) >= 11 is 13.0. The lowest BCUT2D eigenvalue weighted by Crippen LogP contribution is -2.45. The van der Waals surface area contributed by atoms with Crippen LogP contribution >= 0.6 is 23.2 Å². The summed E-state index contributed by atoms with van der Waals surface area (Å²) < 4.78 is 12.3. The van der Waals surface area contributed by atoms with Crippen molar-refractivity contribution >= 4 is 29.2 Å². The maximum Gasteiger partial charge on any atom is 0.335 e. The molecule has 0 saturated heterocycles. The largest absolute Gasteiger partial charge is 0.478 e. The van der Waals surface area contributed by atoms with Crippen molar-refractivity contribution in [2.45, 2.75) is 63.3 Å². The summed E-state index contributed by atoms with van der Waals surface area (Å²) in [6.45, 7) is 2.50. The highest BCUT2D eigenvalue weighted by Gasteiger charge is 2.57. The minimum atomic E-state index is -1.06. The van der Waals surface area contributed by atoms with Gasteiger partial charge in [0, 0.05) is 17.0 Å². The smallest absolute Gasteiger partial charge is 0.335 e. The lowest BCUT2D eigenvalue weighted by atomic mass is 9.68. The van der Waals surface area contributed by atoms with Gasteiger partial charge in [-0.1, -0.05) is 53.5 Å². The fourth-order valence-electron chi connectivity index (χ4n) is 6.65. The van der Waals surface area contributed by atoms with Crippen LogP contribution in [0.15, 0.2) is 47.0 Å². The Morgan fingerprint density at radius 1 is 1.14 bits per heavy atom. The molecule has 0 radical (unpaired) electrons. The number of ether oxygens (including phenoxy) is 1. The van der Waals surface area contributed by atoms with Crippen LogP contribution in [-0.4, -0.2) is 27.4 Å². The number of carboxylic acids is 1. The Morgan fingerprint density at radius 2 is 1.86 bits per heavy atom. The molecule has 0 aliphatic heterocycles. The van der Waals surface area contributed by atoms with E-state index < -0.39 is 11.6 Å². The van der Waals surface area contributed by atoms with E-state index in [0.717, 1.165) is 30.6 Å². The zero-order valence-electron chi connectivity index (χ0n) is 20.5. The zero-order chi connectivity index (χ0) is 25.9. The van der Waals surface area contributed by atoms with Crippen LogP contribution in [0.5, 0.6) is 0 Å². The minimum Gasteiger partial charge on any atom is -0.478 e. The van der Waals surface area contributed by atoms with Crippen molar-refractivity contribution in [3.05, 3.63) is 75.0 Å². The molecule has 0 unspecified atom stereocenters. The molecule has 0 amide bonds. The number of carbonyl (C=O) groups is 1. The van der Waals surface area contributed by atoms with E-state index in [1.165, 1.54) is 0 Å². The lowest BCUT2D eigenvalue weighted by Gasteiger charge is -2.43. The van der Waals surface area contributed by atoms with Crippen LogP contribution in [0.2, 0.25) is 10.0 Å². The Balaban J connectivity index is 1.25. The van der Waals surface area contributed by atoms with Crippen LogP contribution < -0.4 is 0 Å². The number of aromatic nitrogens is 1. The number of fused-ring (bicyclic) bond motifs is 2.